The Morgan fingerprint density at radius 2 is 2.00 bits per heavy atom. The Kier molecular flexibility index (Phi) is 7.62. The maximum Gasteiger partial charge on any atom is 0.223 e. The summed E-state index contributed by atoms with van der Waals surface area (Å²) in [6.45, 7) is 6.91. The lowest BCUT2D eigenvalue weighted by Gasteiger charge is -2.38. The summed E-state index contributed by atoms with van der Waals surface area (Å²) in [5, 5.41) is 6.48. The summed E-state index contributed by atoms with van der Waals surface area (Å²) < 4.78 is 0. The number of halogens is 1. The molecule has 1 aliphatic heterocycles. The van der Waals surface area contributed by atoms with Gasteiger partial charge in [-0.05, 0) is 50.9 Å². The lowest BCUT2D eigenvalue weighted by atomic mass is 9.68. The predicted molar refractivity (Wildman–Crippen MR) is 109 cm³/mol. The van der Waals surface area contributed by atoms with Gasteiger partial charge in [0.15, 0.2) is 5.96 Å². The molecule has 2 aliphatic carbocycles. The SMILES string of the molecule is CCNC(=NCCCNC(=O)C1CCC1)N1CCC2(CCC2)C1.I. The van der Waals surface area contributed by atoms with Gasteiger partial charge in [-0.15, -0.1) is 24.0 Å². The quantitative estimate of drug-likeness (QED) is 0.285. The Hall–Kier alpha value is -0.530. The number of amides is 1. The second-order valence-electron chi connectivity index (χ2n) is 7.53. The molecule has 5 nitrogen and oxygen atoms in total. The molecular weight excluding hydrogens is 415 g/mol. The third kappa shape index (κ3) is 4.76. The number of hydrogen-bond donors (Lipinski definition) is 2. The molecule has 1 spiro atoms. The van der Waals surface area contributed by atoms with Gasteiger partial charge >= 0.3 is 0 Å². The Labute approximate surface area is 163 Å². The standard InChI is InChI=1S/C18H32N4O.HI/c1-2-19-17(22-13-10-18(14-22)8-4-9-18)21-12-5-11-20-16(23)15-6-3-7-15;/h15H,2-14H2,1H3,(H,19,21)(H,20,23);1H. The number of nitrogens with one attached hydrogen (secondary N) is 2. The minimum absolute atomic E-state index is 0. The van der Waals surface area contributed by atoms with Crippen LogP contribution in [-0.2, 0) is 4.79 Å². The van der Waals surface area contributed by atoms with Crippen LogP contribution in [0.25, 0.3) is 0 Å². The summed E-state index contributed by atoms with van der Waals surface area (Å²) in [6, 6.07) is 0. The van der Waals surface area contributed by atoms with Gasteiger partial charge in [0.25, 0.3) is 0 Å². The van der Waals surface area contributed by atoms with Gasteiger partial charge in [-0.2, -0.15) is 0 Å². The summed E-state index contributed by atoms with van der Waals surface area (Å²) in [6.07, 6.45) is 9.82. The molecule has 0 aromatic rings. The molecule has 0 aromatic carbocycles. The zero-order valence-electron chi connectivity index (χ0n) is 15.0. The fourth-order valence-corrected chi connectivity index (χ4v) is 3.92. The van der Waals surface area contributed by atoms with Crippen LogP contribution in [0.15, 0.2) is 4.99 Å². The number of aliphatic imine (C=N–C) groups is 1. The molecule has 138 valence electrons. The van der Waals surface area contributed by atoms with Gasteiger partial charge in [0.2, 0.25) is 5.91 Å². The van der Waals surface area contributed by atoms with Crippen molar-refractivity contribution in [1.82, 2.24) is 15.5 Å². The summed E-state index contributed by atoms with van der Waals surface area (Å²) in [5.41, 5.74) is 0.604. The first-order valence-electron chi connectivity index (χ1n) is 9.53. The van der Waals surface area contributed by atoms with Gasteiger partial charge in [0.05, 0.1) is 0 Å². The number of carbonyl (C=O) groups is 1. The second-order valence-corrected chi connectivity index (χ2v) is 7.53. The van der Waals surface area contributed by atoms with Crippen molar-refractivity contribution in [2.75, 3.05) is 32.7 Å². The summed E-state index contributed by atoms with van der Waals surface area (Å²) >= 11 is 0. The first-order chi connectivity index (χ1) is 11.2. The molecule has 3 fully saturated rings. The number of rotatable bonds is 6. The lowest BCUT2D eigenvalue weighted by Crippen LogP contribution is -2.42. The van der Waals surface area contributed by atoms with E-state index in [2.05, 4.69) is 22.5 Å². The molecule has 3 rings (SSSR count). The van der Waals surface area contributed by atoms with Crippen molar-refractivity contribution in [2.45, 2.75) is 58.3 Å². The van der Waals surface area contributed by atoms with Crippen LogP contribution >= 0.6 is 24.0 Å². The van der Waals surface area contributed by atoms with E-state index in [0.717, 1.165) is 51.4 Å². The Balaban J connectivity index is 0.00000208. The zero-order chi connectivity index (χ0) is 16.1. The fourth-order valence-electron chi connectivity index (χ4n) is 3.92. The monoisotopic (exact) mass is 448 g/mol. The number of carbonyl (C=O) groups excluding carboxylic acids is 1. The molecule has 0 atom stereocenters. The average molecular weight is 448 g/mol. The normalized spacial score (nSPS) is 22.5. The maximum atomic E-state index is 11.8. The van der Waals surface area contributed by atoms with E-state index in [9.17, 15) is 4.79 Å². The van der Waals surface area contributed by atoms with Crippen LogP contribution in [0, 0.1) is 11.3 Å². The highest BCUT2D eigenvalue weighted by Gasteiger charge is 2.43. The highest BCUT2D eigenvalue weighted by molar-refractivity contribution is 14.0. The van der Waals surface area contributed by atoms with Crippen LogP contribution in [0.5, 0.6) is 0 Å². The predicted octanol–water partition coefficient (Wildman–Crippen LogP) is 2.75. The molecular formula is C18H33IN4O. The van der Waals surface area contributed by atoms with Crippen molar-refractivity contribution in [3.63, 3.8) is 0 Å². The third-order valence-corrected chi connectivity index (χ3v) is 5.86. The molecule has 1 amide bonds. The molecule has 3 aliphatic rings. The van der Waals surface area contributed by atoms with Crippen molar-refractivity contribution in [2.24, 2.45) is 16.3 Å². The Morgan fingerprint density at radius 3 is 2.54 bits per heavy atom. The van der Waals surface area contributed by atoms with Gasteiger partial charge in [0, 0.05) is 38.6 Å². The maximum absolute atomic E-state index is 11.8. The van der Waals surface area contributed by atoms with Gasteiger partial charge in [-0.1, -0.05) is 12.8 Å². The van der Waals surface area contributed by atoms with E-state index in [-0.39, 0.29) is 29.9 Å². The molecule has 6 heteroatoms. The summed E-state index contributed by atoms with van der Waals surface area (Å²) in [7, 11) is 0. The number of nitrogens with zero attached hydrogens (tertiary/aromatic N) is 2. The van der Waals surface area contributed by atoms with Crippen molar-refractivity contribution in [1.29, 1.82) is 0 Å². The van der Waals surface area contributed by atoms with Crippen LogP contribution in [0.3, 0.4) is 0 Å². The largest absolute Gasteiger partial charge is 0.357 e. The Bertz CT molecular complexity index is 446. The van der Waals surface area contributed by atoms with Crippen LogP contribution in [0.4, 0.5) is 0 Å². The highest BCUT2D eigenvalue weighted by atomic mass is 127. The van der Waals surface area contributed by atoms with Crippen molar-refractivity contribution in [3.8, 4) is 0 Å². The third-order valence-electron chi connectivity index (χ3n) is 5.86. The van der Waals surface area contributed by atoms with E-state index in [1.54, 1.807) is 0 Å². The van der Waals surface area contributed by atoms with Crippen LogP contribution < -0.4 is 10.6 Å². The molecule has 2 N–H and O–H groups in total. The Morgan fingerprint density at radius 1 is 1.21 bits per heavy atom. The number of guanidine groups is 1. The average Bonchev–Trinajstić information content (AvgIpc) is 2.89. The fraction of sp³-hybridized carbons (Fsp3) is 0.889. The molecule has 2 saturated carbocycles. The van der Waals surface area contributed by atoms with E-state index in [0.29, 0.717) is 11.3 Å². The molecule has 24 heavy (non-hydrogen) atoms. The lowest BCUT2D eigenvalue weighted by molar-refractivity contribution is -0.127. The first kappa shape index (κ1) is 19.8. The summed E-state index contributed by atoms with van der Waals surface area (Å²) in [4.78, 5) is 19.0. The van der Waals surface area contributed by atoms with Gasteiger partial charge in [0.1, 0.15) is 0 Å². The van der Waals surface area contributed by atoms with Crippen LogP contribution in [0.2, 0.25) is 0 Å². The molecule has 0 radical (unpaired) electrons. The highest BCUT2D eigenvalue weighted by Crippen LogP contribution is 2.47. The van der Waals surface area contributed by atoms with Crippen LogP contribution in [-0.4, -0.2) is 49.5 Å². The van der Waals surface area contributed by atoms with E-state index >= 15 is 0 Å². The summed E-state index contributed by atoms with van der Waals surface area (Å²) in [5.74, 6) is 1.61. The molecule has 0 bridgehead atoms. The van der Waals surface area contributed by atoms with Gasteiger partial charge < -0.3 is 15.5 Å². The van der Waals surface area contributed by atoms with Gasteiger partial charge in [-0.25, -0.2) is 0 Å². The van der Waals surface area contributed by atoms with E-state index in [1.165, 1.54) is 38.6 Å². The van der Waals surface area contributed by atoms with E-state index in [4.69, 9.17) is 4.99 Å². The molecule has 0 aromatic heterocycles. The van der Waals surface area contributed by atoms with Gasteiger partial charge in [-0.3, -0.25) is 9.79 Å². The first-order valence-corrected chi connectivity index (χ1v) is 9.53. The van der Waals surface area contributed by atoms with Crippen molar-refractivity contribution < 1.29 is 4.79 Å². The van der Waals surface area contributed by atoms with E-state index < -0.39 is 0 Å². The van der Waals surface area contributed by atoms with E-state index in [1.807, 2.05) is 0 Å². The zero-order valence-corrected chi connectivity index (χ0v) is 17.3. The van der Waals surface area contributed by atoms with Crippen LogP contribution in [0.1, 0.15) is 58.3 Å². The number of likely N-dealkylation sites (tertiary alicyclic amines) is 1. The topological polar surface area (TPSA) is 56.7 Å². The second kappa shape index (κ2) is 9.25. The smallest absolute Gasteiger partial charge is 0.223 e. The van der Waals surface area contributed by atoms with Crippen molar-refractivity contribution >= 4 is 35.8 Å². The number of hydrogen-bond acceptors (Lipinski definition) is 2. The minimum Gasteiger partial charge on any atom is -0.357 e. The molecule has 0 unspecified atom stereocenters. The molecule has 1 saturated heterocycles. The minimum atomic E-state index is 0. The molecule has 1 heterocycles. The van der Waals surface area contributed by atoms with Crippen molar-refractivity contribution in [3.05, 3.63) is 0 Å².